The van der Waals surface area contributed by atoms with Gasteiger partial charge in [-0.15, -0.1) is 0 Å². The molecular weight excluding hydrogens is 268 g/mol. The summed E-state index contributed by atoms with van der Waals surface area (Å²) in [7, 11) is 0. The Morgan fingerprint density at radius 2 is 2.19 bits per heavy atom. The molecule has 2 amide bonds. The van der Waals surface area contributed by atoms with Crippen LogP contribution in [-0.4, -0.2) is 24.5 Å². The molecule has 0 aromatic rings. The molecule has 120 valence electrons. The van der Waals surface area contributed by atoms with Gasteiger partial charge in [0.2, 0.25) is 11.8 Å². The Kier molecular flexibility index (Phi) is 6.89. The van der Waals surface area contributed by atoms with E-state index in [1.165, 1.54) is 18.7 Å². The van der Waals surface area contributed by atoms with Gasteiger partial charge in [0.25, 0.3) is 0 Å². The first-order chi connectivity index (χ1) is 9.83. The number of ether oxygens (including phenoxy) is 1. The van der Waals surface area contributed by atoms with E-state index < -0.39 is 5.91 Å². The number of nitrogens with two attached hydrogens (primary N) is 1. The lowest BCUT2D eigenvalue weighted by Crippen LogP contribution is -2.36. The van der Waals surface area contributed by atoms with Gasteiger partial charge in [-0.05, 0) is 30.6 Å². The summed E-state index contributed by atoms with van der Waals surface area (Å²) >= 11 is 0. The summed E-state index contributed by atoms with van der Waals surface area (Å²) in [6.07, 6.45) is 7.66. The normalized spacial score (nSPS) is 26.2. The third-order valence-corrected chi connectivity index (χ3v) is 4.49. The molecule has 0 bridgehead atoms. The molecule has 21 heavy (non-hydrogen) atoms. The van der Waals surface area contributed by atoms with E-state index in [0.29, 0.717) is 11.3 Å². The number of amides is 2. The predicted molar refractivity (Wildman–Crippen MR) is 82.2 cm³/mol. The van der Waals surface area contributed by atoms with E-state index in [4.69, 9.17) is 10.5 Å². The van der Waals surface area contributed by atoms with Gasteiger partial charge in [-0.3, -0.25) is 9.59 Å². The monoisotopic (exact) mass is 296 g/mol. The number of nitrogens with one attached hydrogen (secondary N) is 1. The van der Waals surface area contributed by atoms with Crippen LogP contribution in [-0.2, 0) is 14.3 Å². The van der Waals surface area contributed by atoms with E-state index in [1.807, 2.05) is 0 Å². The number of hydrogen-bond acceptors (Lipinski definition) is 3. The molecule has 0 radical (unpaired) electrons. The molecule has 0 aromatic carbocycles. The quantitative estimate of drug-likeness (QED) is 0.755. The van der Waals surface area contributed by atoms with Crippen LogP contribution in [0.5, 0.6) is 0 Å². The van der Waals surface area contributed by atoms with Crippen LogP contribution in [0.2, 0.25) is 0 Å². The van der Waals surface area contributed by atoms with Gasteiger partial charge < -0.3 is 15.8 Å². The molecule has 0 heterocycles. The van der Waals surface area contributed by atoms with Crippen LogP contribution in [0.4, 0.5) is 0 Å². The van der Waals surface area contributed by atoms with E-state index in [0.717, 1.165) is 19.3 Å². The van der Waals surface area contributed by atoms with E-state index >= 15 is 0 Å². The van der Waals surface area contributed by atoms with E-state index in [1.54, 1.807) is 0 Å². The lowest BCUT2D eigenvalue weighted by Gasteiger charge is -2.41. The van der Waals surface area contributed by atoms with Gasteiger partial charge in [0.05, 0.1) is 6.10 Å². The van der Waals surface area contributed by atoms with Gasteiger partial charge in [-0.2, -0.15) is 0 Å². The van der Waals surface area contributed by atoms with Gasteiger partial charge in [0, 0.05) is 12.6 Å². The standard InChI is InChI=1S/C16H28N2O3/c1-12(2)16(3)8-4-6-13(10-16)21-11-15(20)18-9-5-7-14(17)19/h5,9,12-13H,4,6-8,10-11H2,1-3H3,(H2,17,19)(H,18,20). The molecule has 0 aliphatic heterocycles. The second kappa shape index (κ2) is 8.17. The van der Waals surface area contributed by atoms with Crippen molar-refractivity contribution in [3.63, 3.8) is 0 Å². The van der Waals surface area contributed by atoms with Crippen molar-refractivity contribution < 1.29 is 14.3 Å². The van der Waals surface area contributed by atoms with Gasteiger partial charge in [0.15, 0.2) is 0 Å². The van der Waals surface area contributed by atoms with Crippen LogP contribution >= 0.6 is 0 Å². The van der Waals surface area contributed by atoms with Crippen molar-refractivity contribution >= 4 is 11.8 Å². The van der Waals surface area contributed by atoms with Gasteiger partial charge >= 0.3 is 0 Å². The summed E-state index contributed by atoms with van der Waals surface area (Å²) in [4.78, 5) is 22.1. The average molecular weight is 296 g/mol. The highest BCUT2D eigenvalue weighted by Crippen LogP contribution is 2.42. The van der Waals surface area contributed by atoms with Gasteiger partial charge in [-0.1, -0.05) is 33.3 Å². The van der Waals surface area contributed by atoms with Crippen LogP contribution < -0.4 is 11.1 Å². The second-order valence-corrected chi connectivity index (χ2v) is 6.48. The van der Waals surface area contributed by atoms with Crippen LogP contribution in [0.25, 0.3) is 0 Å². The fourth-order valence-electron chi connectivity index (χ4n) is 2.69. The van der Waals surface area contributed by atoms with Crippen molar-refractivity contribution in [2.45, 2.75) is 59.0 Å². The number of rotatable bonds is 7. The molecule has 1 aliphatic rings. The van der Waals surface area contributed by atoms with Gasteiger partial charge in [0.1, 0.15) is 6.61 Å². The molecule has 0 spiro atoms. The zero-order valence-corrected chi connectivity index (χ0v) is 13.4. The Hall–Kier alpha value is -1.36. The lowest BCUT2D eigenvalue weighted by molar-refractivity contribution is -0.129. The fraction of sp³-hybridized carbons (Fsp3) is 0.750. The summed E-state index contributed by atoms with van der Waals surface area (Å²) in [5.41, 5.74) is 5.29. The third-order valence-electron chi connectivity index (χ3n) is 4.49. The number of primary amides is 1. The van der Waals surface area contributed by atoms with Crippen LogP contribution in [0, 0.1) is 11.3 Å². The molecule has 3 N–H and O–H groups in total. The highest BCUT2D eigenvalue weighted by atomic mass is 16.5. The summed E-state index contributed by atoms with van der Waals surface area (Å²) in [5.74, 6) is -0.00562. The number of hydrogen-bond donors (Lipinski definition) is 2. The second-order valence-electron chi connectivity index (χ2n) is 6.48. The number of carbonyl (C=O) groups excluding carboxylic acids is 2. The Labute approximate surface area is 127 Å². The first-order valence-electron chi connectivity index (χ1n) is 7.68. The smallest absolute Gasteiger partial charge is 0.249 e. The van der Waals surface area contributed by atoms with Crippen molar-refractivity contribution in [1.82, 2.24) is 5.32 Å². The van der Waals surface area contributed by atoms with Crippen molar-refractivity contribution in [2.24, 2.45) is 17.1 Å². The van der Waals surface area contributed by atoms with Crippen molar-refractivity contribution in [3.05, 3.63) is 12.3 Å². The molecule has 2 unspecified atom stereocenters. The highest BCUT2D eigenvalue weighted by molar-refractivity contribution is 5.78. The fourth-order valence-corrected chi connectivity index (χ4v) is 2.69. The maximum Gasteiger partial charge on any atom is 0.249 e. The van der Waals surface area contributed by atoms with Crippen molar-refractivity contribution in [3.8, 4) is 0 Å². The Bertz CT molecular complexity index is 393. The Balaban J connectivity index is 2.29. The van der Waals surface area contributed by atoms with Crippen molar-refractivity contribution in [1.29, 1.82) is 0 Å². The largest absolute Gasteiger partial charge is 0.369 e. The minimum absolute atomic E-state index is 0.0553. The van der Waals surface area contributed by atoms with Crippen LogP contribution in [0.3, 0.4) is 0 Å². The van der Waals surface area contributed by atoms with Gasteiger partial charge in [-0.25, -0.2) is 0 Å². The molecule has 1 rings (SSSR count). The van der Waals surface area contributed by atoms with Crippen LogP contribution in [0.15, 0.2) is 12.3 Å². The topological polar surface area (TPSA) is 81.4 Å². The molecule has 1 saturated carbocycles. The first kappa shape index (κ1) is 17.7. The Morgan fingerprint density at radius 3 is 2.81 bits per heavy atom. The summed E-state index contributed by atoms with van der Waals surface area (Å²) < 4.78 is 5.73. The highest BCUT2D eigenvalue weighted by Gasteiger charge is 2.35. The molecule has 5 nitrogen and oxygen atoms in total. The molecule has 2 atom stereocenters. The van der Waals surface area contributed by atoms with E-state index in [-0.39, 0.29) is 25.0 Å². The number of carbonyl (C=O) groups is 2. The lowest BCUT2D eigenvalue weighted by atomic mass is 9.67. The third kappa shape index (κ3) is 6.29. The average Bonchev–Trinajstić information content (AvgIpc) is 2.41. The maximum absolute atomic E-state index is 11.6. The molecular formula is C16H28N2O3. The summed E-state index contributed by atoms with van der Waals surface area (Å²) in [6, 6.07) is 0. The minimum Gasteiger partial charge on any atom is -0.369 e. The summed E-state index contributed by atoms with van der Waals surface area (Å²) in [5, 5.41) is 2.57. The predicted octanol–water partition coefficient (Wildman–Crippen LogP) is 2.11. The minimum atomic E-state index is -0.424. The van der Waals surface area contributed by atoms with Crippen LogP contribution in [0.1, 0.15) is 52.9 Å². The maximum atomic E-state index is 11.6. The van der Waals surface area contributed by atoms with Crippen molar-refractivity contribution in [2.75, 3.05) is 6.61 Å². The SMILES string of the molecule is CC(C)C1(C)CCCC(OCC(=O)NC=CCC(N)=O)C1. The Morgan fingerprint density at radius 1 is 1.48 bits per heavy atom. The van der Waals surface area contributed by atoms with E-state index in [9.17, 15) is 9.59 Å². The first-order valence-corrected chi connectivity index (χ1v) is 7.68. The zero-order chi connectivity index (χ0) is 15.9. The summed E-state index contributed by atoms with van der Waals surface area (Å²) in [6.45, 7) is 6.86. The molecule has 1 aliphatic carbocycles. The molecule has 1 fully saturated rings. The molecule has 0 saturated heterocycles. The molecule has 0 aromatic heterocycles. The molecule has 5 heteroatoms. The zero-order valence-electron chi connectivity index (χ0n) is 13.4. The van der Waals surface area contributed by atoms with E-state index in [2.05, 4.69) is 26.1 Å².